The molecule has 1 radical (unpaired) electrons. The van der Waals surface area contributed by atoms with Crippen molar-refractivity contribution in [1.82, 2.24) is 10.6 Å². The van der Waals surface area contributed by atoms with Crippen molar-refractivity contribution in [3.05, 3.63) is 12.2 Å². The molecule has 1 aliphatic rings. The van der Waals surface area contributed by atoms with E-state index in [2.05, 4.69) is 29.7 Å². The van der Waals surface area contributed by atoms with Gasteiger partial charge in [0.2, 0.25) is 0 Å². The highest BCUT2D eigenvalue weighted by molar-refractivity contribution is 4.88. The predicted octanol–water partition coefficient (Wildman–Crippen LogP) is 1.31. The van der Waals surface area contributed by atoms with E-state index >= 15 is 0 Å². The van der Waals surface area contributed by atoms with Gasteiger partial charge in [0.25, 0.3) is 0 Å². The molecule has 0 amide bonds. The number of hydrogen-bond acceptors (Lipinski definition) is 1. The minimum absolute atomic E-state index is 0.534. The van der Waals surface area contributed by atoms with Crippen molar-refractivity contribution in [2.24, 2.45) is 0 Å². The molecule has 0 spiro atoms. The van der Waals surface area contributed by atoms with Crippen LogP contribution in [0.3, 0.4) is 0 Å². The van der Waals surface area contributed by atoms with Crippen LogP contribution in [0.5, 0.6) is 0 Å². The van der Waals surface area contributed by atoms with E-state index in [1.165, 1.54) is 12.8 Å². The first-order chi connectivity index (χ1) is 5.93. The van der Waals surface area contributed by atoms with E-state index in [0.29, 0.717) is 6.04 Å². The highest BCUT2D eigenvalue weighted by atomic mass is 15.0. The zero-order chi connectivity index (χ0) is 8.65. The molecule has 1 saturated heterocycles. The Bertz CT molecular complexity index is 126. The number of rotatable bonds is 4. The number of piperazine rings is 1. The Morgan fingerprint density at radius 3 is 3.08 bits per heavy atom. The fraction of sp³-hybridized carbons (Fsp3) is 0.800. The summed E-state index contributed by atoms with van der Waals surface area (Å²) >= 11 is 0. The molecular formula is C10H19N2. The monoisotopic (exact) mass is 167 g/mol. The SMILES string of the molecule is CCC/C=C/CC1CNCC[N]1. The number of unbranched alkanes of at least 4 members (excludes halogenated alkanes) is 1. The molecule has 0 saturated carbocycles. The van der Waals surface area contributed by atoms with Crippen molar-refractivity contribution in [3.8, 4) is 0 Å². The van der Waals surface area contributed by atoms with E-state index in [0.717, 1.165) is 26.1 Å². The first-order valence-corrected chi connectivity index (χ1v) is 4.95. The molecule has 1 fully saturated rings. The van der Waals surface area contributed by atoms with Crippen LogP contribution in [0.1, 0.15) is 26.2 Å². The van der Waals surface area contributed by atoms with Crippen LogP contribution in [0.25, 0.3) is 0 Å². The maximum atomic E-state index is 4.51. The van der Waals surface area contributed by atoms with Gasteiger partial charge in [-0.05, 0) is 12.8 Å². The second-order valence-corrected chi connectivity index (χ2v) is 3.26. The third-order valence-electron chi connectivity index (χ3n) is 2.09. The molecule has 1 N–H and O–H groups in total. The Morgan fingerprint density at radius 1 is 1.50 bits per heavy atom. The van der Waals surface area contributed by atoms with Gasteiger partial charge in [-0.3, -0.25) is 0 Å². The zero-order valence-electron chi connectivity index (χ0n) is 7.92. The molecule has 12 heavy (non-hydrogen) atoms. The second kappa shape index (κ2) is 6.21. The van der Waals surface area contributed by atoms with Crippen LogP contribution in [0.4, 0.5) is 0 Å². The fourth-order valence-electron chi connectivity index (χ4n) is 1.36. The van der Waals surface area contributed by atoms with Gasteiger partial charge in [0.05, 0.1) is 0 Å². The predicted molar refractivity (Wildman–Crippen MR) is 52.3 cm³/mol. The standard InChI is InChI=1S/C10H19N2/c1-2-3-4-5-6-10-9-11-7-8-12-10/h4-5,10-11H,2-3,6-9H2,1H3/b5-4+. The van der Waals surface area contributed by atoms with E-state index < -0.39 is 0 Å². The Morgan fingerprint density at radius 2 is 2.42 bits per heavy atom. The molecule has 2 nitrogen and oxygen atoms in total. The van der Waals surface area contributed by atoms with Crippen molar-refractivity contribution in [2.45, 2.75) is 32.2 Å². The summed E-state index contributed by atoms with van der Waals surface area (Å²) < 4.78 is 0. The van der Waals surface area contributed by atoms with Crippen LogP contribution in [0, 0.1) is 0 Å². The Hall–Kier alpha value is -0.340. The summed E-state index contributed by atoms with van der Waals surface area (Å²) in [5, 5.41) is 7.86. The summed E-state index contributed by atoms with van der Waals surface area (Å²) in [6.45, 7) is 5.33. The van der Waals surface area contributed by atoms with E-state index in [9.17, 15) is 0 Å². The van der Waals surface area contributed by atoms with Crippen molar-refractivity contribution in [1.29, 1.82) is 0 Å². The summed E-state index contributed by atoms with van der Waals surface area (Å²) in [7, 11) is 0. The lowest BCUT2D eigenvalue weighted by Crippen LogP contribution is -2.43. The quantitative estimate of drug-likeness (QED) is 0.628. The molecule has 0 aromatic rings. The van der Waals surface area contributed by atoms with E-state index in [1.807, 2.05) is 0 Å². The third-order valence-corrected chi connectivity index (χ3v) is 2.09. The molecule has 0 aromatic heterocycles. The molecule has 1 unspecified atom stereocenters. The van der Waals surface area contributed by atoms with Crippen LogP contribution < -0.4 is 10.6 Å². The normalized spacial score (nSPS) is 24.9. The summed E-state index contributed by atoms with van der Waals surface area (Å²) in [5.74, 6) is 0. The van der Waals surface area contributed by atoms with Crippen molar-refractivity contribution in [3.63, 3.8) is 0 Å². The van der Waals surface area contributed by atoms with Gasteiger partial charge in [-0.1, -0.05) is 25.5 Å². The molecule has 69 valence electrons. The topological polar surface area (TPSA) is 26.1 Å². The maximum absolute atomic E-state index is 4.51. The first-order valence-electron chi connectivity index (χ1n) is 4.95. The van der Waals surface area contributed by atoms with Gasteiger partial charge in [-0.2, -0.15) is 0 Å². The van der Waals surface area contributed by atoms with Crippen LogP contribution >= 0.6 is 0 Å². The molecular weight excluding hydrogens is 148 g/mol. The molecule has 1 aliphatic heterocycles. The minimum Gasteiger partial charge on any atom is -0.314 e. The average molecular weight is 167 g/mol. The minimum atomic E-state index is 0.534. The Kier molecular flexibility index (Phi) is 5.04. The van der Waals surface area contributed by atoms with Gasteiger partial charge in [0.15, 0.2) is 0 Å². The maximum Gasteiger partial charge on any atom is 0.0405 e. The van der Waals surface area contributed by atoms with Gasteiger partial charge >= 0.3 is 0 Å². The van der Waals surface area contributed by atoms with Crippen molar-refractivity contribution >= 4 is 0 Å². The summed E-state index contributed by atoms with van der Waals surface area (Å²) in [4.78, 5) is 0. The lowest BCUT2D eigenvalue weighted by Gasteiger charge is -2.21. The van der Waals surface area contributed by atoms with Gasteiger partial charge in [0, 0.05) is 25.7 Å². The van der Waals surface area contributed by atoms with Crippen LogP contribution in [0.2, 0.25) is 0 Å². The smallest absolute Gasteiger partial charge is 0.0405 e. The average Bonchev–Trinajstić information content (AvgIpc) is 2.14. The molecule has 1 atom stereocenters. The molecule has 0 bridgehead atoms. The number of nitrogens with one attached hydrogen (secondary N) is 1. The summed E-state index contributed by atoms with van der Waals surface area (Å²) in [5.41, 5.74) is 0. The van der Waals surface area contributed by atoms with Gasteiger partial charge in [0.1, 0.15) is 0 Å². The Balaban J connectivity index is 2.04. The summed E-state index contributed by atoms with van der Waals surface area (Å²) in [6.07, 6.45) is 8.11. The highest BCUT2D eigenvalue weighted by Crippen LogP contribution is 1.98. The largest absolute Gasteiger partial charge is 0.314 e. The second-order valence-electron chi connectivity index (χ2n) is 3.26. The number of hydrogen-bond donors (Lipinski definition) is 1. The lowest BCUT2D eigenvalue weighted by atomic mass is 10.1. The van der Waals surface area contributed by atoms with Crippen LogP contribution in [0.15, 0.2) is 12.2 Å². The number of allylic oxidation sites excluding steroid dienone is 1. The molecule has 0 aromatic carbocycles. The fourth-order valence-corrected chi connectivity index (χ4v) is 1.36. The van der Waals surface area contributed by atoms with E-state index in [4.69, 9.17) is 0 Å². The number of nitrogens with zero attached hydrogens (tertiary/aromatic N) is 1. The van der Waals surface area contributed by atoms with Crippen molar-refractivity contribution in [2.75, 3.05) is 19.6 Å². The van der Waals surface area contributed by atoms with Gasteiger partial charge in [-0.15, -0.1) is 0 Å². The van der Waals surface area contributed by atoms with Crippen LogP contribution in [-0.4, -0.2) is 25.7 Å². The molecule has 1 rings (SSSR count). The molecule has 1 heterocycles. The molecule has 2 heteroatoms. The lowest BCUT2D eigenvalue weighted by molar-refractivity contribution is 0.412. The van der Waals surface area contributed by atoms with Crippen LogP contribution in [-0.2, 0) is 0 Å². The Labute approximate surface area is 75.4 Å². The highest BCUT2D eigenvalue weighted by Gasteiger charge is 2.10. The van der Waals surface area contributed by atoms with E-state index in [1.54, 1.807) is 0 Å². The molecule has 0 aliphatic carbocycles. The van der Waals surface area contributed by atoms with E-state index in [-0.39, 0.29) is 0 Å². The van der Waals surface area contributed by atoms with Gasteiger partial charge < -0.3 is 5.32 Å². The zero-order valence-corrected chi connectivity index (χ0v) is 7.92. The summed E-state index contributed by atoms with van der Waals surface area (Å²) in [6, 6.07) is 0.534. The van der Waals surface area contributed by atoms with Gasteiger partial charge in [-0.25, -0.2) is 5.32 Å². The third kappa shape index (κ3) is 3.88. The van der Waals surface area contributed by atoms with Crippen molar-refractivity contribution < 1.29 is 0 Å². The first kappa shape index (κ1) is 9.75.